The van der Waals surface area contributed by atoms with Gasteiger partial charge in [0.2, 0.25) is 0 Å². The van der Waals surface area contributed by atoms with Crippen molar-refractivity contribution in [1.29, 1.82) is 5.41 Å². The summed E-state index contributed by atoms with van der Waals surface area (Å²) in [4.78, 5) is 13.3. The van der Waals surface area contributed by atoms with Crippen LogP contribution >= 0.6 is 0 Å². The van der Waals surface area contributed by atoms with Crippen LogP contribution in [-0.2, 0) is 6.42 Å². The van der Waals surface area contributed by atoms with Crippen molar-refractivity contribution in [3.05, 3.63) is 47.4 Å². The Kier molecular flexibility index (Phi) is 5.28. The SMILES string of the molecule is CCCc1ccc(N)c(C(=N)c2cc(N3CCN(C)CC3)ncn2)c1. The second-order valence-corrected chi connectivity index (χ2v) is 6.60. The summed E-state index contributed by atoms with van der Waals surface area (Å²) in [6.45, 7) is 6.06. The fourth-order valence-corrected chi connectivity index (χ4v) is 3.09. The first-order valence-corrected chi connectivity index (χ1v) is 8.81. The highest BCUT2D eigenvalue weighted by Crippen LogP contribution is 2.21. The zero-order chi connectivity index (χ0) is 17.8. The van der Waals surface area contributed by atoms with E-state index in [9.17, 15) is 0 Å². The number of hydrogen-bond donors (Lipinski definition) is 2. The molecule has 25 heavy (non-hydrogen) atoms. The third-order valence-corrected chi connectivity index (χ3v) is 4.66. The van der Waals surface area contributed by atoms with E-state index in [2.05, 4.69) is 33.7 Å². The molecule has 2 aromatic rings. The highest BCUT2D eigenvalue weighted by molar-refractivity contribution is 6.13. The van der Waals surface area contributed by atoms with Crippen LogP contribution in [0.3, 0.4) is 0 Å². The number of rotatable bonds is 5. The third-order valence-electron chi connectivity index (χ3n) is 4.66. The minimum absolute atomic E-state index is 0.355. The standard InChI is InChI=1S/C19H26N6/c1-3-4-14-5-6-16(20)15(11-14)19(21)17-12-18(23-13-22-17)25-9-7-24(2)8-10-25/h5-6,11-13,21H,3-4,7-10,20H2,1-2H3. The monoisotopic (exact) mass is 338 g/mol. The molecule has 2 heterocycles. The lowest BCUT2D eigenvalue weighted by Crippen LogP contribution is -2.44. The quantitative estimate of drug-likeness (QED) is 0.645. The summed E-state index contributed by atoms with van der Waals surface area (Å²) in [5.74, 6) is 0.881. The van der Waals surface area contributed by atoms with Crippen LogP contribution in [0.2, 0.25) is 0 Å². The van der Waals surface area contributed by atoms with Gasteiger partial charge < -0.3 is 15.5 Å². The molecule has 0 amide bonds. The molecule has 0 spiro atoms. The summed E-state index contributed by atoms with van der Waals surface area (Å²) >= 11 is 0. The fraction of sp³-hybridized carbons (Fsp3) is 0.421. The summed E-state index contributed by atoms with van der Waals surface area (Å²) in [5.41, 5.74) is 9.65. The van der Waals surface area contributed by atoms with Crippen LogP contribution in [0.5, 0.6) is 0 Å². The fourth-order valence-electron chi connectivity index (χ4n) is 3.09. The van der Waals surface area contributed by atoms with Crippen molar-refractivity contribution < 1.29 is 0 Å². The number of anilines is 2. The Morgan fingerprint density at radius 2 is 1.92 bits per heavy atom. The van der Waals surface area contributed by atoms with Gasteiger partial charge in [0.15, 0.2) is 0 Å². The molecular formula is C19H26N6. The van der Waals surface area contributed by atoms with Crippen LogP contribution in [0.4, 0.5) is 11.5 Å². The van der Waals surface area contributed by atoms with Gasteiger partial charge in [-0.3, -0.25) is 5.41 Å². The number of hydrogen-bond acceptors (Lipinski definition) is 6. The highest BCUT2D eigenvalue weighted by atomic mass is 15.3. The molecule has 0 aliphatic carbocycles. The molecule has 6 heteroatoms. The number of likely N-dealkylation sites (N-methyl/N-ethyl adjacent to an activating group) is 1. The predicted molar refractivity (Wildman–Crippen MR) is 103 cm³/mol. The van der Waals surface area contributed by atoms with Gasteiger partial charge in [0, 0.05) is 43.5 Å². The minimum atomic E-state index is 0.355. The molecule has 1 aliphatic rings. The second-order valence-electron chi connectivity index (χ2n) is 6.60. The molecule has 1 aromatic carbocycles. The lowest BCUT2D eigenvalue weighted by molar-refractivity contribution is 0.312. The first-order valence-electron chi connectivity index (χ1n) is 8.81. The summed E-state index contributed by atoms with van der Waals surface area (Å²) in [5, 5.41) is 8.59. The van der Waals surface area contributed by atoms with E-state index in [-0.39, 0.29) is 0 Å². The third kappa shape index (κ3) is 3.96. The number of aromatic nitrogens is 2. The summed E-state index contributed by atoms with van der Waals surface area (Å²) in [6, 6.07) is 7.83. The Morgan fingerprint density at radius 3 is 2.64 bits per heavy atom. The Labute approximate surface area is 149 Å². The molecule has 0 radical (unpaired) electrons. The molecule has 3 N–H and O–H groups in total. The maximum absolute atomic E-state index is 8.59. The van der Waals surface area contributed by atoms with Gasteiger partial charge in [0.1, 0.15) is 12.1 Å². The van der Waals surface area contributed by atoms with Crippen LogP contribution in [-0.4, -0.2) is 53.8 Å². The van der Waals surface area contributed by atoms with Crippen molar-refractivity contribution in [2.24, 2.45) is 0 Å². The second kappa shape index (κ2) is 7.61. The van der Waals surface area contributed by atoms with Crippen LogP contribution in [0.15, 0.2) is 30.6 Å². The Balaban J connectivity index is 1.85. The van der Waals surface area contributed by atoms with Gasteiger partial charge >= 0.3 is 0 Å². The van der Waals surface area contributed by atoms with Crippen molar-refractivity contribution in [1.82, 2.24) is 14.9 Å². The molecule has 1 saturated heterocycles. The zero-order valence-electron chi connectivity index (χ0n) is 15.0. The van der Waals surface area contributed by atoms with E-state index >= 15 is 0 Å². The van der Waals surface area contributed by atoms with Crippen molar-refractivity contribution in [2.75, 3.05) is 43.9 Å². The Hall–Kier alpha value is -2.47. The molecule has 0 saturated carbocycles. The number of nitrogens with two attached hydrogens (primary N) is 1. The molecule has 3 rings (SSSR count). The lowest BCUT2D eigenvalue weighted by atomic mass is 10.00. The average molecular weight is 338 g/mol. The van der Waals surface area contributed by atoms with Gasteiger partial charge in [-0.1, -0.05) is 19.4 Å². The first-order chi connectivity index (χ1) is 12.1. The number of piperazine rings is 1. The topological polar surface area (TPSA) is 82.1 Å². The summed E-state index contributed by atoms with van der Waals surface area (Å²) in [7, 11) is 2.13. The molecule has 1 aliphatic heterocycles. The average Bonchev–Trinajstić information content (AvgIpc) is 2.64. The highest BCUT2D eigenvalue weighted by Gasteiger charge is 2.17. The van der Waals surface area contributed by atoms with E-state index in [4.69, 9.17) is 11.1 Å². The molecule has 0 bridgehead atoms. The van der Waals surface area contributed by atoms with Crippen LogP contribution < -0.4 is 10.6 Å². The number of benzene rings is 1. The summed E-state index contributed by atoms with van der Waals surface area (Å²) < 4.78 is 0. The normalized spacial score (nSPS) is 15.4. The van der Waals surface area contributed by atoms with Gasteiger partial charge in [-0.25, -0.2) is 9.97 Å². The number of nitrogens with zero attached hydrogens (tertiary/aromatic N) is 4. The number of nitrogen functional groups attached to an aromatic ring is 1. The summed E-state index contributed by atoms with van der Waals surface area (Å²) in [6.07, 6.45) is 3.60. The van der Waals surface area contributed by atoms with Gasteiger partial charge in [0.25, 0.3) is 0 Å². The Morgan fingerprint density at radius 1 is 1.16 bits per heavy atom. The molecule has 1 fully saturated rings. The Bertz CT molecular complexity index is 749. The van der Waals surface area contributed by atoms with E-state index in [1.54, 1.807) is 6.33 Å². The lowest BCUT2D eigenvalue weighted by Gasteiger charge is -2.33. The van der Waals surface area contributed by atoms with Crippen molar-refractivity contribution in [2.45, 2.75) is 19.8 Å². The molecule has 0 unspecified atom stereocenters. The van der Waals surface area contributed by atoms with Crippen molar-refractivity contribution in [3.8, 4) is 0 Å². The van der Waals surface area contributed by atoms with E-state index in [0.717, 1.165) is 50.4 Å². The zero-order valence-corrected chi connectivity index (χ0v) is 15.0. The maximum atomic E-state index is 8.59. The number of nitrogens with one attached hydrogen (secondary N) is 1. The van der Waals surface area contributed by atoms with Gasteiger partial charge in [0.05, 0.1) is 11.4 Å². The molecular weight excluding hydrogens is 312 g/mol. The van der Waals surface area contributed by atoms with Crippen LogP contribution in [0.25, 0.3) is 0 Å². The van der Waals surface area contributed by atoms with Crippen molar-refractivity contribution >= 4 is 17.2 Å². The predicted octanol–water partition coefficient (Wildman–Crippen LogP) is 2.18. The van der Waals surface area contributed by atoms with Gasteiger partial charge in [-0.15, -0.1) is 0 Å². The smallest absolute Gasteiger partial charge is 0.132 e. The maximum Gasteiger partial charge on any atom is 0.132 e. The van der Waals surface area contributed by atoms with E-state index in [1.165, 1.54) is 5.56 Å². The first kappa shape index (κ1) is 17.4. The van der Waals surface area contributed by atoms with E-state index < -0.39 is 0 Å². The van der Waals surface area contributed by atoms with E-state index in [1.807, 2.05) is 24.3 Å². The molecule has 132 valence electrons. The van der Waals surface area contributed by atoms with E-state index in [0.29, 0.717) is 17.1 Å². The number of aryl methyl sites for hydroxylation is 1. The van der Waals surface area contributed by atoms with Crippen molar-refractivity contribution in [3.63, 3.8) is 0 Å². The molecule has 1 aromatic heterocycles. The van der Waals surface area contributed by atoms with Crippen LogP contribution in [0, 0.1) is 5.41 Å². The van der Waals surface area contributed by atoms with Gasteiger partial charge in [-0.05, 0) is 31.2 Å². The van der Waals surface area contributed by atoms with Crippen LogP contribution in [0.1, 0.15) is 30.2 Å². The molecule has 0 atom stereocenters. The largest absolute Gasteiger partial charge is 0.398 e. The molecule has 6 nitrogen and oxygen atoms in total. The van der Waals surface area contributed by atoms with Gasteiger partial charge in [-0.2, -0.15) is 0 Å². The minimum Gasteiger partial charge on any atom is -0.398 e.